The fourth-order valence-electron chi connectivity index (χ4n) is 2.52. The van der Waals surface area contributed by atoms with E-state index >= 15 is 0 Å². The van der Waals surface area contributed by atoms with Crippen molar-refractivity contribution >= 4 is 21.6 Å². The van der Waals surface area contributed by atoms with Crippen LogP contribution >= 0.6 is 15.9 Å². The van der Waals surface area contributed by atoms with E-state index in [1.807, 2.05) is 18.2 Å². The lowest BCUT2D eigenvalue weighted by Gasteiger charge is -2.27. The van der Waals surface area contributed by atoms with Gasteiger partial charge in [-0.15, -0.1) is 0 Å². The van der Waals surface area contributed by atoms with E-state index in [4.69, 9.17) is 0 Å². The Morgan fingerprint density at radius 1 is 1.45 bits per heavy atom. The Labute approximate surface area is 124 Å². The van der Waals surface area contributed by atoms with Crippen LogP contribution in [0.15, 0.2) is 27.5 Å². The minimum absolute atomic E-state index is 0.0546. The number of benzene rings is 1. The summed E-state index contributed by atoms with van der Waals surface area (Å²) >= 11 is 2.99. The van der Waals surface area contributed by atoms with Crippen molar-refractivity contribution in [3.05, 3.63) is 38.6 Å². The third-order valence-electron chi connectivity index (χ3n) is 3.55. The standard InChI is InChI=1S/C14H14BrN3O2/c1-18-6-2-3-8-7-9(4-5-10(8)18)12-16-13(19)11(15)14(20)17-12/h4-5,7H,2-3,6H2,1H3,(H2,16,17,19,20). The number of aromatic hydroxyl groups is 1. The van der Waals surface area contributed by atoms with Gasteiger partial charge in [0, 0.05) is 24.8 Å². The van der Waals surface area contributed by atoms with Gasteiger partial charge < -0.3 is 15.0 Å². The molecule has 2 N–H and O–H groups in total. The molecule has 0 spiro atoms. The molecule has 1 aromatic heterocycles. The largest absolute Gasteiger partial charge is 0.492 e. The van der Waals surface area contributed by atoms with Crippen LogP contribution in [0.1, 0.15) is 12.0 Å². The molecule has 1 aliphatic heterocycles. The summed E-state index contributed by atoms with van der Waals surface area (Å²) in [4.78, 5) is 20.6. The van der Waals surface area contributed by atoms with Gasteiger partial charge >= 0.3 is 0 Å². The number of hydrogen-bond acceptors (Lipinski definition) is 4. The van der Waals surface area contributed by atoms with Gasteiger partial charge in [-0.25, -0.2) is 0 Å². The molecule has 1 aromatic carbocycles. The van der Waals surface area contributed by atoms with E-state index < -0.39 is 0 Å². The predicted octanol–water partition coefficient (Wildman–Crippen LogP) is 2.29. The maximum absolute atomic E-state index is 11.7. The third-order valence-corrected chi connectivity index (χ3v) is 4.26. The minimum Gasteiger partial charge on any atom is -0.492 e. The maximum atomic E-state index is 11.7. The number of nitrogens with one attached hydrogen (secondary N) is 1. The topological polar surface area (TPSA) is 69.2 Å². The van der Waals surface area contributed by atoms with Crippen LogP contribution in [0.5, 0.6) is 5.88 Å². The Hall–Kier alpha value is -1.82. The van der Waals surface area contributed by atoms with Gasteiger partial charge in [0.25, 0.3) is 5.56 Å². The Kier molecular flexibility index (Phi) is 3.25. The summed E-state index contributed by atoms with van der Waals surface area (Å²) < 4.78 is 0.0546. The molecule has 0 saturated carbocycles. The zero-order valence-electron chi connectivity index (χ0n) is 11.0. The summed E-state index contributed by atoms with van der Waals surface area (Å²) in [7, 11) is 2.07. The van der Waals surface area contributed by atoms with Crippen molar-refractivity contribution in [2.75, 3.05) is 18.5 Å². The molecule has 0 bridgehead atoms. The average molecular weight is 336 g/mol. The lowest BCUT2D eigenvalue weighted by atomic mass is 9.99. The highest BCUT2D eigenvalue weighted by molar-refractivity contribution is 9.10. The van der Waals surface area contributed by atoms with Crippen LogP contribution in [0.2, 0.25) is 0 Å². The van der Waals surface area contributed by atoms with E-state index in [0.29, 0.717) is 5.82 Å². The van der Waals surface area contributed by atoms with Crippen LogP contribution in [0.4, 0.5) is 5.69 Å². The second kappa shape index (κ2) is 4.94. The summed E-state index contributed by atoms with van der Waals surface area (Å²) in [6.45, 7) is 1.06. The van der Waals surface area contributed by atoms with Gasteiger partial charge in [-0.2, -0.15) is 4.98 Å². The molecular formula is C14H14BrN3O2. The minimum atomic E-state index is -0.387. The fourth-order valence-corrected chi connectivity index (χ4v) is 2.70. The number of halogens is 1. The van der Waals surface area contributed by atoms with Crippen molar-refractivity contribution in [2.24, 2.45) is 0 Å². The molecule has 2 heterocycles. The van der Waals surface area contributed by atoms with Gasteiger partial charge in [-0.05, 0) is 52.5 Å². The Morgan fingerprint density at radius 2 is 2.25 bits per heavy atom. The quantitative estimate of drug-likeness (QED) is 0.838. The number of H-pyrrole nitrogens is 1. The number of anilines is 1. The van der Waals surface area contributed by atoms with E-state index in [0.717, 1.165) is 24.9 Å². The number of nitrogens with zero attached hydrogens (tertiary/aromatic N) is 2. The number of aromatic nitrogens is 2. The number of hydrogen-bond donors (Lipinski definition) is 2. The van der Waals surface area contributed by atoms with Crippen LogP contribution in [-0.4, -0.2) is 28.7 Å². The van der Waals surface area contributed by atoms with Gasteiger partial charge in [0.05, 0.1) is 0 Å². The second-order valence-electron chi connectivity index (χ2n) is 4.92. The van der Waals surface area contributed by atoms with Gasteiger partial charge in [0.1, 0.15) is 10.3 Å². The first kappa shape index (κ1) is 13.2. The number of fused-ring (bicyclic) bond motifs is 1. The van der Waals surface area contributed by atoms with Crippen molar-refractivity contribution < 1.29 is 5.11 Å². The number of aryl methyl sites for hydroxylation is 1. The van der Waals surface area contributed by atoms with E-state index in [2.05, 4.69) is 37.8 Å². The summed E-state index contributed by atoms with van der Waals surface area (Å²) in [5.41, 5.74) is 2.87. The monoisotopic (exact) mass is 335 g/mol. The van der Waals surface area contributed by atoms with E-state index in [9.17, 15) is 9.90 Å². The van der Waals surface area contributed by atoms with E-state index in [-0.39, 0.29) is 15.9 Å². The molecule has 104 valence electrons. The molecular weight excluding hydrogens is 322 g/mol. The Balaban J connectivity index is 2.10. The van der Waals surface area contributed by atoms with Crippen LogP contribution in [0.3, 0.4) is 0 Å². The first-order valence-electron chi connectivity index (χ1n) is 6.39. The third kappa shape index (κ3) is 2.20. The lowest BCUT2D eigenvalue weighted by Crippen LogP contribution is -2.24. The number of rotatable bonds is 1. The molecule has 0 atom stereocenters. The highest BCUT2D eigenvalue weighted by Crippen LogP contribution is 2.30. The molecule has 1 aliphatic rings. The summed E-state index contributed by atoms with van der Waals surface area (Å²) in [5, 5.41) is 9.64. The molecule has 0 fully saturated rings. The van der Waals surface area contributed by atoms with Crippen molar-refractivity contribution in [2.45, 2.75) is 12.8 Å². The number of aromatic amines is 1. The second-order valence-corrected chi connectivity index (χ2v) is 5.71. The molecule has 5 nitrogen and oxygen atoms in total. The van der Waals surface area contributed by atoms with E-state index in [1.54, 1.807) is 0 Å². The predicted molar refractivity (Wildman–Crippen MR) is 81.2 cm³/mol. The molecule has 0 saturated heterocycles. The van der Waals surface area contributed by atoms with Crippen LogP contribution < -0.4 is 10.5 Å². The van der Waals surface area contributed by atoms with Gasteiger partial charge in [-0.3, -0.25) is 4.79 Å². The van der Waals surface area contributed by atoms with E-state index in [1.165, 1.54) is 11.3 Å². The molecule has 0 amide bonds. The zero-order valence-corrected chi connectivity index (χ0v) is 12.6. The van der Waals surface area contributed by atoms with Gasteiger partial charge in [0.2, 0.25) is 5.88 Å². The highest BCUT2D eigenvalue weighted by atomic mass is 79.9. The van der Waals surface area contributed by atoms with Crippen LogP contribution in [-0.2, 0) is 6.42 Å². The van der Waals surface area contributed by atoms with Crippen molar-refractivity contribution in [1.29, 1.82) is 0 Å². The molecule has 2 aromatic rings. The Bertz CT molecular complexity index is 727. The summed E-state index contributed by atoms with van der Waals surface area (Å²) in [5.74, 6) is 0.0883. The molecule has 3 rings (SSSR count). The van der Waals surface area contributed by atoms with Crippen LogP contribution in [0, 0.1) is 0 Å². The fraction of sp³-hybridized carbons (Fsp3) is 0.286. The molecule has 0 unspecified atom stereocenters. The van der Waals surface area contributed by atoms with Crippen molar-refractivity contribution in [3.63, 3.8) is 0 Å². The highest BCUT2D eigenvalue weighted by Gasteiger charge is 2.15. The van der Waals surface area contributed by atoms with Gasteiger partial charge in [0.15, 0.2) is 0 Å². The lowest BCUT2D eigenvalue weighted by molar-refractivity contribution is 0.448. The molecule has 0 aliphatic carbocycles. The first-order valence-corrected chi connectivity index (χ1v) is 7.19. The average Bonchev–Trinajstić information content (AvgIpc) is 2.44. The first-order chi connectivity index (χ1) is 9.56. The van der Waals surface area contributed by atoms with Crippen molar-refractivity contribution in [3.8, 4) is 17.3 Å². The Morgan fingerprint density at radius 3 is 3.00 bits per heavy atom. The summed E-state index contributed by atoms with van der Waals surface area (Å²) in [6, 6.07) is 5.96. The summed E-state index contributed by atoms with van der Waals surface area (Å²) in [6.07, 6.45) is 2.13. The molecule has 0 radical (unpaired) electrons. The molecule has 20 heavy (non-hydrogen) atoms. The van der Waals surface area contributed by atoms with Gasteiger partial charge in [-0.1, -0.05) is 0 Å². The molecule has 6 heteroatoms. The smallest absolute Gasteiger partial charge is 0.269 e. The normalized spacial score (nSPS) is 14.2. The maximum Gasteiger partial charge on any atom is 0.269 e. The zero-order chi connectivity index (χ0) is 14.3. The SMILES string of the molecule is CN1CCCc2cc(-c3nc(O)c(Br)c(=O)[nH]3)ccc21. The van der Waals surface area contributed by atoms with Crippen molar-refractivity contribution in [1.82, 2.24) is 9.97 Å². The van der Waals surface area contributed by atoms with Crippen LogP contribution in [0.25, 0.3) is 11.4 Å².